The molecule has 0 aliphatic rings. The molecule has 0 aromatic heterocycles. The zero-order chi connectivity index (χ0) is 20.2. The molecule has 4 nitrogen and oxygen atoms in total. The van der Waals surface area contributed by atoms with Gasteiger partial charge in [-0.1, -0.05) is 29.8 Å². The number of anilines is 1. The molecular weight excluding hydrogens is 381 g/mol. The Balaban J connectivity index is 2.01. The summed E-state index contributed by atoms with van der Waals surface area (Å²) in [6.45, 7) is 3.00. The zero-order valence-electron chi connectivity index (χ0n) is 14.7. The molecule has 144 valence electrons. The lowest BCUT2D eigenvalue weighted by Crippen LogP contribution is -2.44. The Hall–Kier alpha value is -2.54. The second-order valence-corrected chi connectivity index (χ2v) is 6.84. The summed E-state index contributed by atoms with van der Waals surface area (Å²) in [5, 5.41) is 5.59. The van der Waals surface area contributed by atoms with Crippen LogP contribution in [0.2, 0.25) is 5.02 Å². The maximum absolute atomic E-state index is 12.6. The molecule has 0 saturated heterocycles. The van der Waals surface area contributed by atoms with Crippen molar-refractivity contribution >= 4 is 29.1 Å². The van der Waals surface area contributed by atoms with Crippen LogP contribution in [0, 0.1) is 5.41 Å². The van der Waals surface area contributed by atoms with Gasteiger partial charge in [-0.3, -0.25) is 9.59 Å². The van der Waals surface area contributed by atoms with Crippen LogP contribution in [-0.2, 0) is 22.3 Å². The zero-order valence-corrected chi connectivity index (χ0v) is 15.4. The lowest BCUT2D eigenvalue weighted by Gasteiger charge is -2.23. The van der Waals surface area contributed by atoms with Gasteiger partial charge in [0.05, 0.1) is 5.56 Å². The van der Waals surface area contributed by atoms with E-state index in [0.29, 0.717) is 10.6 Å². The van der Waals surface area contributed by atoms with Crippen LogP contribution in [0.25, 0.3) is 0 Å². The van der Waals surface area contributed by atoms with Gasteiger partial charge in [0.2, 0.25) is 11.8 Å². The summed E-state index contributed by atoms with van der Waals surface area (Å²) in [5.41, 5.74) is -1.40. The molecule has 0 aliphatic heterocycles. The summed E-state index contributed by atoms with van der Waals surface area (Å²) in [5.74, 6) is -1.18. The van der Waals surface area contributed by atoms with Crippen LogP contribution in [0.4, 0.5) is 18.9 Å². The fourth-order valence-electron chi connectivity index (χ4n) is 2.17. The minimum atomic E-state index is -4.46. The quantitative estimate of drug-likeness (QED) is 0.721. The molecular formula is C19H18ClF3N2O2. The van der Waals surface area contributed by atoms with Gasteiger partial charge in [0.1, 0.15) is 5.41 Å². The van der Waals surface area contributed by atoms with Gasteiger partial charge in [-0.05, 0) is 49.7 Å². The van der Waals surface area contributed by atoms with Crippen LogP contribution >= 0.6 is 11.6 Å². The molecule has 0 unspecified atom stereocenters. The molecule has 27 heavy (non-hydrogen) atoms. The summed E-state index contributed by atoms with van der Waals surface area (Å²) >= 11 is 6.03. The summed E-state index contributed by atoms with van der Waals surface area (Å²) < 4.78 is 37.7. The van der Waals surface area contributed by atoms with Gasteiger partial charge >= 0.3 is 6.18 Å². The van der Waals surface area contributed by atoms with Gasteiger partial charge in [0.15, 0.2) is 0 Å². The van der Waals surface area contributed by atoms with Gasteiger partial charge in [0, 0.05) is 17.3 Å². The second-order valence-electron chi connectivity index (χ2n) is 6.43. The topological polar surface area (TPSA) is 58.2 Å². The highest BCUT2D eigenvalue weighted by atomic mass is 35.5. The van der Waals surface area contributed by atoms with Crippen LogP contribution in [0.3, 0.4) is 0 Å². The molecule has 0 heterocycles. The molecule has 8 heteroatoms. The van der Waals surface area contributed by atoms with Crippen molar-refractivity contribution in [1.82, 2.24) is 5.32 Å². The maximum Gasteiger partial charge on any atom is 0.416 e. The fraction of sp³-hybridized carbons (Fsp3) is 0.263. The second kappa shape index (κ2) is 8.00. The maximum atomic E-state index is 12.6. The van der Waals surface area contributed by atoms with Crippen molar-refractivity contribution in [2.24, 2.45) is 5.41 Å². The number of carbonyl (C=O) groups is 2. The van der Waals surface area contributed by atoms with E-state index in [2.05, 4.69) is 10.6 Å². The summed E-state index contributed by atoms with van der Waals surface area (Å²) in [6.07, 6.45) is -4.46. The van der Waals surface area contributed by atoms with Gasteiger partial charge in [-0.15, -0.1) is 0 Å². The van der Waals surface area contributed by atoms with Gasteiger partial charge < -0.3 is 10.6 Å². The van der Waals surface area contributed by atoms with Crippen LogP contribution in [-0.4, -0.2) is 11.8 Å². The standard InChI is InChI=1S/C19H18ClF3N2O2/c1-18(2,16(26)24-11-12-5-3-4-6-15(12)20)17(27)25-14-9-7-13(8-10-14)19(21,22)23/h3-10H,11H2,1-2H3,(H,24,26)(H,25,27). The van der Waals surface area contributed by atoms with Crippen LogP contribution in [0.5, 0.6) is 0 Å². The number of benzene rings is 2. The minimum Gasteiger partial charge on any atom is -0.351 e. The van der Waals surface area contributed by atoms with Gasteiger partial charge in [-0.2, -0.15) is 13.2 Å². The summed E-state index contributed by atoms with van der Waals surface area (Å²) in [7, 11) is 0. The van der Waals surface area contributed by atoms with Crippen molar-refractivity contribution in [2.75, 3.05) is 5.32 Å². The number of carbonyl (C=O) groups excluding carboxylic acids is 2. The van der Waals surface area contributed by atoms with E-state index >= 15 is 0 Å². The Bertz CT molecular complexity index is 834. The van der Waals surface area contributed by atoms with E-state index in [1.165, 1.54) is 13.8 Å². The van der Waals surface area contributed by atoms with E-state index in [1.54, 1.807) is 24.3 Å². The number of amides is 2. The molecule has 2 amide bonds. The largest absolute Gasteiger partial charge is 0.416 e. The van der Waals surface area contributed by atoms with E-state index in [9.17, 15) is 22.8 Å². The molecule has 2 aromatic rings. The van der Waals surface area contributed by atoms with Crippen molar-refractivity contribution in [2.45, 2.75) is 26.6 Å². The van der Waals surface area contributed by atoms with Crippen molar-refractivity contribution in [3.05, 3.63) is 64.7 Å². The molecule has 0 fully saturated rings. The molecule has 2 rings (SSSR count). The van der Waals surface area contributed by atoms with Gasteiger partial charge in [-0.25, -0.2) is 0 Å². The van der Waals surface area contributed by atoms with E-state index in [-0.39, 0.29) is 12.2 Å². The van der Waals surface area contributed by atoms with Crippen molar-refractivity contribution in [1.29, 1.82) is 0 Å². The normalized spacial score (nSPS) is 11.8. The highest BCUT2D eigenvalue weighted by Crippen LogP contribution is 2.30. The van der Waals surface area contributed by atoms with Crippen molar-refractivity contribution in [3.8, 4) is 0 Å². The predicted octanol–water partition coefficient (Wildman–Crippen LogP) is 4.64. The lowest BCUT2D eigenvalue weighted by molar-refractivity contribution is -0.139. The fourth-order valence-corrected chi connectivity index (χ4v) is 2.37. The Morgan fingerprint density at radius 2 is 1.56 bits per heavy atom. The number of nitrogens with one attached hydrogen (secondary N) is 2. The number of hydrogen-bond acceptors (Lipinski definition) is 2. The Morgan fingerprint density at radius 1 is 0.963 bits per heavy atom. The average Bonchev–Trinajstić information content (AvgIpc) is 2.60. The van der Waals surface area contributed by atoms with Crippen LogP contribution < -0.4 is 10.6 Å². The SMILES string of the molecule is CC(C)(C(=O)NCc1ccccc1Cl)C(=O)Nc1ccc(C(F)(F)F)cc1. The highest BCUT2D eigenvalue weighted by Gasteiger charge is 2.36. The van der Waals surface area contributed by atoms with E-state index in [0.717, 1.165) is 24.3 Å². The molecule has 2 aromatic carbocycles. The smallest absolute Gasteiger partial charge is 0.351 e. The molecule has 2 N–H and O–H groups in total. The number of halogens is 4. The molecule has 0 radical (unpaired) electrons. The third-order valence-corrected chi connectivity index (χ3v) is 4.37. The first-order valence-electron chi connectivity index (χ1n) is 8.02. The Morgan fingerprint density at radius 3 is 2.11 bits per heavy atom. The Labute approximate surface area is 159 Å². The van der Waals surface area contributed by atoms with Gasteiger partial charge in [0.25, 0.3) is 0 Å². The minimum absolute atomic E-state index is 0.148. The molecule has 0 atom stereocenters. The van der Waals surface area contributed by atoms with E-state index in [4.69, 9.17) is 11.6 Å². The lowest BCUT2D eigenvalue weighted by atomic mass is 9.90. The Kier molecular flexibility index (Phi) is 6.15. The van der Waals surface area contributed by atoms with Crippen LogP contribution in [0.1, 0.15) is 25.0 Å². The highest BCUT2D eigenvalue weighted by molar-refractivity contribution is 6.31. The van der Waals surface area contributed by atoms with Crippen molar-refractivity contribution < 1.29 is 22.8 Å². The molecule has 0 bridgehead atoms. The van der Waals surface area contributed by atoms with E-state index in [1.807, 2.05) is 0 Å². The molecule has 0 saturated carbocycles. The predicted molar refractivity (Wildman–Crippen MR) is 97.2 cm³/mol. The first-order chi connectivity index (χ1) is 12.5. The molecule has 0 aliphatic carbocycles. The summed E-state index contributed by atoms with van der Waals surface area (Å²) in [6, 6.07) is 11.0. The van der Waals surface area contributed by atoms with Crippen LogP contribution in [0.15, 0.2) is 48.5 Å². The first kappa shape index (κ1) is 20.8. The van der Waals surface area contributed by atoms with E-state index < -0.39 is 29.0 Å². The number of alkyl halides is 3. The van der Waals surface area contributed by atoms with Crippen molar-refractivity contribution in [3.63, 3.8) is 0 Å². The monoisotopic (exact) mass is 398 g/mol. The third-order valence-electron chi connectivity index (χ3n) is 4.00. The number of hydrogen-bond donors (Lipinski definition) is 2. The number of rotatable bonds is 5. The third kappa shape index (κ3) is 5.23. The first-order valence-corrected chi connectivity index (χ1v) is 8.40. The average molecular weight is 399 g/mol. The molecule has 0 spiro atoms. The summed E-state index contributed by atoms with van der Waals surface area (Å²) in [4.78, 5) is 24.8.